The van der Waals surface area contributed by atoms with Crippen LogP contribution < -0.4 is 5.32 Å². The van der Waals surface area contributed by atoms with Gasteiger partial charge in [-0.15, -0.1) is 0 Å². The molecule has 0 unspecified atom stereocenters. The second kappa shape index (κ2) is 10.4. The molecule has 0 radical (unpaired) electrons. The first-order valence-corrected chi connectivity index (χ1v) is 12.4. The van der Waals surface area contributed by atoms with Gasteiger partial charge in [0.25, 0.3) is 5.91 Å². The first-order valence-electron chi connectivity index (χ1n) is 10.7. The van der Waals surface area contributed by atoms with E-state index in [4.69, 9.17) is 0 Å². The minimum Gasteiger partial charge on any atom is -0.335 e. The van der Waals surface area contributed by atoms with Crippen molar-refractivity contribution in [2.24, 2.45) is 0 Å². The number of amides is 2. The van der Waals surface area contributed by atoms with Crippen molar-refractivity contribution in [1.29, 1.82) is 0 Å². The zero-order valence-electron chi connectivity index (χ0n) is 19.0. The Balaban J connectivity index is 1.60. The minimum atomic E-state index is -3.26. The summed E-state index contributed by atoms with van der Waals surface area (Å²) in [7, 11) is -1.49. The van der Waals surface area contributed by atoms with E-state index >= 15 is 0 Å². The highest BCUT2D eigenvalue weighted by Crippen LogP contribution is 2.21. The molecule has 33 heavy (non-hydrogen) atoms. The molecule has 3 rings (SSSR count). The number of hydrogen-bond donors (Lipinski definition) is 1. The lowest BCUT2D eigenvalue weighted by atomic mass is 10.1. The van der Waals surface area contributed by atoms with Crippen molar-refractivity contribution in [2.75, 3.05) is 18.1 Å². The van der Waals surface area contributed by atoms with Gasteiger partial charge in [0, 0.05) is 18.3 Å². The standard InChI is InChI=1S/C26H28N2O4S/c1-4-33(31,32)24-16-10-20(11-17-24)18-25(29)27-23-14-12-22(13-15-23)26(30)28(3)19(2)21-8-6-5-7-9-21/h5-17,19H,4,18H2,1-3H3,(H,27,29)/t19-/m0/s1. The average Bonchev–Trinajstić information content (AvgIpc) is 2.84. The van der Waals surface area contributed by atoms with Gasteiger partial charge in [0.2, 0.25) is 5.91 Å². The lowest BCUT2D eigenvalue weighted by molar-refractivity contribution is -0.115. The third kappa shape index (κ3) is 6.08. The number of carbonyl (C=O) groups is 2. The van der Waals surface area contributed by atoms with Crippen LogP contribution in [0.2, 0.25) is 0 Å². The zero-order chi connectivity index (χ0) is 24.0. The molecule has 0 aliphatic heterocycles. The Morgan fingerprint density at radius 3 is 2.09 bits per heavy atom. The molecular formula is C26H28N2O4S. The Bertz CT molecular complexity index is 1210. The van der Waals surface area contributed by atoms with Gasteiger partial charge in [-0.3, -0.25) is 9.59 Å². The minimum absolute atomic E-state index is 0.0340. The fraction of sp³-hybridized carbons (Fsp3) is 0.231. The lowest BCUT2D eigenvalue weighted by Crippen LogP contribution is -2.29. The maximum absolute atomic E-state index is 12.8. The van der Waals surface area contributed by atoms with Gasteiger partial charge in [-0.25, -0.2) is 8.42 Å². The summed E-state index contributed by atoms with van der Waals surface area (Å²) in [5.41, 5.74) is 2.88. The largest absolute Gasteiger partial charge is 0.335 e. The van der Waals surface area contributed by atoms with Gasteiger partial charge >= 0.3 is 0 Å². The molecule has 0 fully saturated rings. The molecule has 1 atom stereocenters. The van der Waals surface area contributed by atoms with Crippen LogP contribution in [0.5, 0.6) is 0 Å². The van der Waals surface area contributed by atoms with E-state index in [9.17, 15) is 18.0 Å². The smallest absolute Gasteiger partial charge is 0.254 e. The Labute approximate surface area is 195 Å². The molecule has 0 aliphatic carbocycles. The van der Waals surface area contributed by atoms with Crippen LogP contribution in [0.3, 0.4) is 0 Å². The van der Waals surface area contributed by atoms with Crippen molar-refractivity contribution < 1.29 is 18.0 Å². The summed E-state index contributed by atoms with van der Waals surface area (Å²) >= 11 is 0. The molecule has 7 heteroatoms. The summed E-state index contributed by atoms with van der Waals surface area (Å²) in [6, 6.07) is 22.9. The molecule has 172 valence electrons. The van der Waals surface area contributed by atoms with Crippen LogP contribution >= 0.6 is 0 Å². The van der Waals surface area contributed by atoms with E-state index in [1.165, 1.54) is 12.1 Å². The quantitative estimate of drug-likeness (QED) is 0.532. The van der Waals surface area contributed by atoms with Crippen LogP contribution in [0.1, 0.15) is 41.4 Å². The summed E-state index contributed by atoms with van der Waals surface area (Å²) in [6.07, 6.45) is 0.116. The molecule has 0 saturated carbocycles. The number of anilines is 1. The van der Waals surface area contributed by atoms with Gasteiger partial charge in [-0.05, 0) is 54.4 Å². The monoisotopic (exact) mass is 464 g/mol. The van der Waals surface area contributed by atoms with Crippen LogP contribution in [0.15, 0.2) is 83.8 Å². The first kappa shape index (κ1) is 24.2. The van der Waals surface area contributed by atoms with Crippen LogP contribution in [-0.2, 0) is 21.1 Å². The normalized spacial score (nSPS) is 12.1. The predicted molar refractivity (Wildman–Crippen MR) is 130 cm³/mol. The zero-order valence-corrected chi connectivity index (χ0v) is 19.8. The van der Waals surface area contributed by atoms with Crippen molar-refractivity contribution >= 4 is 27.3 Å². The van der Waals surface area contributed by atoms with E-state index in [2.05, 4.69) is 5.32 Å². The van der Waals surface area contributed by atoms with E-state index in [0.717, 1.165) is 5.56 Å². The first-order chi connectivity index (χ1) is 15.7. The summed E-state index contributed by atoms with van der Waals surface area (Å²) in [4.78, 5) is 27.2. The van der Waals surface area contributed by atoms with Crippen molar-refractivity contribution in [1.82, 2.24) is 4.90 Å². The van der Waals surface area contributed by atoms with Gasteiger partial charge in [-0.1, -0.05) is 49.4 Å². The van der Waals surface area contributed by atoms with Crippen LogP contribution in [0.4, 0.5) is 5.69 Å². The fourth-order valence-electron chi connectivity index (χ4n) is 3.40. The second-order valence-electron chi connectivity index (χ2n) is 7.85. The van der Waals surface area contributed by atoms with Crippen molar-refractivity contribution in [3.05, 3.63) is 95.6 Å². The Morgan fingerprint density at radius 2 is 1.52 bits per heavy atom. The van der Waals surface area contributed by atoms with Crippen LogP contribution in [0, 0.1) is 0 Å². The SMILES string of the molecule is CCS(=O)(=O)c1ccc(CC(=O)Nc2ccc(C(=O)N(C)[C@@H](C)c3ccccc3)cc2)cc1. The molecule has 1 N–H and O–H groups in total. The van der Waals surface area contributed by atoms with Gasteiger partial charge < -0.3 is 10.2 Å². The Kier molecular flexibility index (Phi) is 7.66. The molecule has 2 amide bonds. The highest BCUT2D eigenvalue weighted by atomic mass is 32.2. The van der Waals surface area contributed by atoms with Gasteiger partial charge in [0.1, 0.15) is 0 Å². The molecule has 0 aromatic heterocycles. The molecule has 0 saturated heterocycles. The van der Waals surface area contributed by atoms with Crippen molar-refractivity contribution in [3.63, 3.8) is 0 Å². The van der Waals surface area contributed by atoms with E-state index < -0.39 is 9.84 Å². The van der Waals surface area contributed by atoms with Crippen LogP contribution in [0.25, 0.3) is 0 Å². The number of sulfone groups is 1. The summed E-state index contributed by atoms with van der Waals surface area (Å²) in [5.74, 6) is -0.298. The van der Waals surface area contributed by atoms with Gasteiger partial charge in [0.15, 0.2) is 9.84 Å². The lowest BCUT2D eigenvalue weighted by Gasteiger charge is -2.25. The van der Waals surface area contributed by atoms with Crippen molar-refractivity contribution in [2.45, 2.75) is 31.2 Å². The van der Waals surface area contributed by atoms with E-state index in [1.807, 2.05) is 37.3 Å². The molecule has 6 nitrogen and oxygen atoms in total. The number of benzene rings is 3. The molecule has 3 aromatic carbocycles. The van der Waals surface area contributed by atoms with E-state index in [-0.39, 0.29) is 34.9 Å². The van der Waals surface area contributed by atoms with Gasteiger partial charge in [0.05, 0.1) is 23.1 Å². The predicted octanol–water partition coefficient (Wildman–Crippen LogP) is 4.49. The maximum Gasteiger partial charge on any atom is 0.254 e. The number of nitrogens with one attached hydrogen (secondary N) is 1. The third-order valence-electron chi connectivity index (χ3n) is 5.63. The highest BCUT2D eigenvalue weighted by Gasteiger charge is 2.19. The maximum atomic E-state index is 12.8. The topological polar surface area (TPSA) is 83.5 Å². The molecule has 0 heterocycles. The number of hydrogen-bond acceptors (Lipinski definition) is 4. The molecule has 0 aliphatic rings. The summed E-state index contributed by atoms with van der Waals surface area (Å²) < 4.78 is 23.8. The molecule has 0 spiro atoms. The number of rotatable bonds is 8. The highest BCUT2D eigenvalue weighted by molar-refractivity contribution is 7.91. The molecular weight excluding hydrogens is 436 g/mol. The fourth-order valence-corrected chi connectivity index (χ4v) is 4.29. The summed E-state index contributed by atoms with van der Waals surface area (Å²) in [5, 5.41) is 2.81. The number of carbonyl (C=O) groups excluding carboxylic acids is 2. The molecule has 0 bridgehead atoms. The van der Waals surface area contributed by atoms with E-state index in [1.54, 1.807) is 55.3 Å². The van der Waals surface area contributed by atoms with Gasteiger partial charge in [-0.2, -0.15) is 0 Å². The second-order valence-corrected chi connectivity index (χ2v) is 10.1. The van der Waals surface area contributed by atoms with Crippen molar-refractivity contribution in [3.8, 4) is 0 Å². The van der Waals surface area contributed by atoms with E-state index in [0.29, 0.717) is 16.8 Å². The number of nitrogens with zero attached hydrogens (tertiary/aromatic N) is 1. The third-order valence-corrected chi connectivity index (χ3v) is 7.38. The summed E-state index contributed by atoms with van der Waals surface area (Å²) in [6.45, 7) is 3.57. The molecule has 3 aromatic rings. The van der Waals surface area contributed by atoms with Crippen LogP contribution in [-0.4, -0.2) is 37.9 Å². The Morgan fingerprint density at radius 1 is 0.909 bits per heavy atom. The average molecular weight is 465 g/mol. The Hall–Kier alpha value is -3.45.